The fraction of sp³-hybridized carbons (Fsp3) is 0.571. The normalized spacial score (nSPS) is 14.1. The van der Waals surface area contributed by atoms with Crippen LogP contribution in [0, 0.1) is 0 Å². The van der Waals surface area contributed by atoms with Crippen LogP contribution in [0.15, 0.2) is 16.6 Å². The molecule has 1 aromatic carbocycles. The van der Waals surface area contributed by atoms with Crippen molar-refractivity contribution in [3.63, 3.8) is 0 Å². The summed E-state index contributed by atoms with van der Waals surface area (Å²) < 4.78 is 10.6. The van der Waals surface area contributed by atoms with Gasteiger partial charge in [-0.15, -0.1) is 0 Å². The molecule has 0 aliphatic heterocycles. The van der Waals surface area contributed by atoms with Crippen LogP contribution in [0.2, 0.25) is 0 Å². The number of rotatable bonds is 8. The third-order valence-electron chi connectivity index (χ3n) is 2.99. The Morgan fingerprint density at radius 2 is 2.05 bits per heavy atom. The van der Waals surface area contributed by atoms with E-state index < -0.39 is 5.60 Å². The van der Waals surface area contributed by atoms with E-state index in [1.807, 2.05) is 6.07 Å². The number of hydrogen-bond donors (Lipinski definition) is 3. The molecule has 0 amide bonds. The number of benzene rings is 1. The van der Waals surface area contributed by atoms with Gasteiger partial charge < -0.3 is 25.0 Å². The van der Waals surface area contributed by atoms with Crippen LogP contribution in [0.5, 0.6) is 11.5 Å². The maximum Gasteiger partial charge on any atom is 0.172 e. The molecule has 3 N–H and O–H groups in total. The average molecular weight is 348 g/mol. The van der Waals surface area contributed by atoms with Crippen molar-refractivity contribution < 1.29 is 19.7 Å². The van der Waals surface area contributed by atoms with Gasteiger partial charge in [0.05, 0.1) is 17.2 Å². The fourth-order valence-corrected chi connectivity index (χ4v) is 2.26. The van der Waals surface area contributed by atoms with E-state index in [9.17, 15) is 10.2 Å². The highest BCUT2D eigenvalue weighted by Crippen LogP contribution is 2.35. The van der Waals surface area contributed by atoms with Crippen LogP contribution in [-0.4, -0.2) is 43.2 Å². The third kappa shape index (κ3) is 5.28. The Morgan fingerprint density at radius 3 is 2.65 bits per heavy atom. The van der Waals surface area contributed by atoms with Gasteiger partial charge in [-0.1, -0.05) is 0 Å². The Kier molecular flexibility index (Phi) is 6.75. The summed E-state index contributed by atoms with van der Waals surface area (Å²) in [6.45, 7) is 3.31. The largest absolute Gasteiger partial charge is 0.503 e. The molecule has 1 rings (SSSR count). The van der Waals surface area contributed by atoms with Crippen molar-refractivity contribution in [3.05, 3.63) is 22.2 Å². The Morgan fingerprint density at radius 1 is 1.35 bits per heavy atom. The van der Waals surface area contributed by atoms with Gasteiger partial charge in [-0.2, -0.15) is 0 Å². The Balaban J connectivity index is 2.56. The molecular weight excluding hydrogens is 326 g/mol. The van der Waals surface area contributed by atoms with E-state index in [0.29, 0.717) is 36.3 Å². The molecule has 0 aromatic heterocycles. The minimum absolute atomic E-state index is 0.0864. The van der Waals surface area contributed by atoms with Crippen molar-refractivity contribution in [2.24, 2.45) is 0 Å². The zero-order chi connectivity index (χ0) is 15.2. The molecule has 1 unspecified atom stereocenters. The van der Waals surface area contributed by atoms with Gasteiger partial charge in [0.2, 0.25) is 0 Å². The molecule has 20 heavy (non-hydrogen) atoms. The molecule has 0 spiro atoms. The summed E-state index contributed by atoms with van der Waals surface area (Å²) in [5.74, 6) is 0.505. The Bertz CT molecular complexity index is 437. The quantitative estimate of drug-likeness (QED) is 0.671. The number of phenols is 1. The van der Waals surface area contributed by atoms with Gasteiger partial charge in [0, 0.05) is 33.2 Å². The number of phenolic OH excluding ortho intramolecular Hbond substituents is 1. The highest BCUT2D eigenvalue weighted by Gasteiger charge is 2.19. The van der Waals surface area contributed by atoms with Gasteiger partial charge in [0.1, 0.15) is 0 Å². The van der Waals surface area contributed by atoms with E-state index in [1.165, 1.54) is 7.11 Å². The smallest absolute Gasteiger partial charge is 0.172 e. The zero-order valence-corrected chi connectivity index (χ0v) is 13.7. The van der Waals surface area contributed by atoms with Gasteiger partial charge in [-0.05, 0) is 40.5 Å². The van der Waals surface area contributed by atoms with Gasteiger partial charge in [-0.3, -0.25) is 0 Å². The fourth-order valence-electron chi connectivity index (χ4n) is 1.77. The lowest BCUT2D eigenvalue weighted by Crippen LogP contribution is -2.38. The van der Waals surface area contributed by atoms with Gasteiger partial charge >= 0.3 is 0 Å². The lowest BCUT2D eigenvalue weighted by molar-refractivity contribution is 0.0247. The molecule has 0 heterocycles. The van der Waals surface area contributed by atoms with Crippen LogP contribution in [0.25, 0.3) is 0 Å². The van der Waals surface area contributed by atoms with E-state index in [0.717, 1.165) is 5.56 Å². The number of halogens is 1. The molecule has 1 atom stereocenters. The first-order valence-corrected chi connectivity index (χ1v) is 7.16. The van der Waals surface area contributed by atoms with Crippen molar-refractivity contribution in [1.82, 2.24) is 5.32 Å². The summed E-state index contributed by atoms with van der Waals surface area (Å²) in [6.07, 6.45) is 0.569. The molecular formula is C14H22BrNO4. The average Bonchev–Trinajstić information content (AvgIpc) is 2.40. The minimum Gasteiger partial charge on any atom is -0.503 e. The van der Waals surface area contributed by atoms with Crippen LogP contribution in [0.1, 0.15) is 18.9 Å². The molecule has 1 aromatic rings. The molecule has 0 saturated heterocycles. The first-order valence-electron chi connectivity index (χ1n) is 6.37. The lowest BCUT2D eigenvalue weighted by atomic mass is 10.0. The third-order valence-corrected chi connectivity index (χ3v) is 3.59. The highest BCUT2D eigenvalue weighted by atomic mass is 79.9. The summed E-state index contributed by atoms with van der Waals surface area (Å²) >= 11 is 3.28. The number of hydrogen-bond acceptors (Lipinski definition) is 5. The van der Waals surface area contributed by atoms with E-state index in [1.54, 1.807) is 20.1 Å². The summed E-state index contributed by atoms with van der Waals surface area (Å²) in [5.41, 5.74) is 0.142. The summed E-state index contributed by atoms with van der Waals surface area (Å²) in [4.78, 5) is 0. The van der Waals surface area contributed by atoms with Gasteiger partial charge in [0.25, 0.3) is 0 Å². The molecule has 0 radical (unpaired) electrons. The Labute approximate surface area is 128 Å². The maximum absolute atomic E-state index is 10.1. The van der Waals surface area contributed by atoms with E-state index in [2.05, 4.69) is 21.2 Å². The number of aromatic hydroxyl groups is 1. The van der Waals surface area contributed by atoms with Crippen molar-refractivity contribution in [1.29, 1.82) is 0 Å². The molecule has 0 aliphatic carbocycles. The lowest BCUT2D eigenvalue weighted by Gasteiger charge is -2.23. The van der Waals surface area contributed by atoms with E-state index in [4.69, 9.17) is 9.47 Å². The first-order chi connectivity index (χ1) is 9.39. The number of aliphatic hydroxyl groups is 1. The minimum atomic E-state index is -0.811. The molecule has 0 bridgehead atoms. The number of ether oxygens (including phenoxy) is 2. The van der Waals surface area contributed by atoms with Crippen LogP contribution in [-0.2, 0) is 11.3 Å². The van der Waals surface area contributed by atoms with Crippen LogP contribution >= 0.6 is 15.9 Å². The summed E-state index contributed by atoms with van der Waals surface area (Å²) in [7, 11) is 3.12. The topological polar surface area (TPSA) is 71.0 Å². The SMILES string of the molecule is COCCC(C)(O)CNCc1cc(Br)c(O)c(OC)c1. The molecule has 5 nitrogen and oxygen atoms in total. The van der Waals surface area contributed by atoms with Gasteiger partial charge in [0.15, 0.2) is 11.5 Å². The summed E-state index contributed by atoms with van der Waals surface area (Å²) in [5, 5.41) is 23.0. The number of methoxy groups -OCH3 is 2. The number of nitrogens with one attached hydrogen (secondary N) is 1. The summed E-state index contributed by atoms with van der Waals surface area (Å²) in [6, 6.07) is 3.58. The predicted octanol–water partition coefficient (Wildman–Crippen LogP) is 2.04. The van der Waals surface area contributed by atoms with E-state index >= 15 is 0 Å². The monoisotopic (exact) mass is 347 g/mol. The van der Waals surface area contributed by atoms with Crippen molar-refractivity contribution in [2.75, 3.05) is 27.4 Å². The highest BCUT2D eigenvalue weighted by molar-refractivity contribution is 9.10. The maximum atomic E-state index is 10.1. The van der Waals surface area contributed by atoms with Crippen LogP contribution in [0.3, 0.4) is 0 Å². The van der Waals surface area contributed by atoms with Crippen LogP contribution in [0.4, 0.5) is 0 Å². The second-order valence-electron chi connectivity index (χ2n) is 4.97. The molecule has 0 saturated carbocycles. The van der Waals surface area contributed by atoms with Crippen molar-refractivity contribution in [2.45, 2.75) is 25.5 Å². The van der Waals surface area contributed by atoms with Crippen molar-refractivity contribution in [3.8, 4) is 11.5 Å². The molecule has 0 fully saturated rings. The predicted molar refractivity (Wildman–Crippen MR) is 81.2 cm³/mol. The standard InChI is InChI=1S/C14H22BrNO4/c1-14(18,4-5-19-2)9-16-8-10-6-11(15)13(17)12(7-10)20-3/h6-7,16-18H,4-5,8-9H2,1-3H3. The van der Waals surface area contributed by atoms with Crippen LogP contribution < -0.4 is 10.1 Å². The molecule has 6 heteroatoms. The van der Waals surface area contributed by atoms with Crippen molar-refractivity contribution >= 4 is 15.9 Å². The second-order valence-corrected chi connectivity index (χ2v) is 5.83. The molecule has 114 valence electrons. The second kappa shape index (κ2) is 7.83. The van der Waals surface area contributed by atoms with Gasteiger partial charge in [-0.25, -0.2) is 0 Å². The Hall–Kier alpha value is -0.820. The molecule has 0 aliphatic rings. The zero-order valence-electron chi connectivity index (χ0n) is 12.1. The van der Waals surface area contributed by atoms with E-state index in [-0.39, 0.29) is 5.75 Å². The first kappa shape index (κ1) is 17.2.